The molecule has 4 nitrogen and oxygen atoms in total. The van der Waals surface area contributed by atoms with E-state index < -0.39 is 5.97 Å². The summed E-state index contributed by atoms with van der Waals surface area (Å²) in [5.41, 5.74) is 3.81. The standard InChI is InChI=1S/C24H27ClN2O2S/c25-18-9-10-23-21(17-18)19(20-5-1-2-7-22(20)30-23)6-3-11-26-13-15-27(16-14-26)12-4-8-24(28)29/h1-2,5-7,9-10,17H,3-4,8,11-16H2,(H,28,29)/b19-6-. The Hall–Kier alpha value is -1.79. The first kappa shape index (κ1) is 21.4. The zero-order valence-corrected chi connectivity index (χ0v) is 18.6. The number of carboxylic acids is 1. The first-order chi connectivity index (χ1) is 14.6. The number of halogens is 1. The summed E-state index contributed by atoms with van der Waals surface area (Å²) in [5.74, 6) is -0.702. The highest BCUT2D eigenvalue weighted by Crippen LogP contribution is 2.46. The van der Waals surface area contributed by atoms with Crippen LogP contribution in [0.5, 0.6) is 0 Å². The van der Waals surface area contributed by atoms with Crippen LogP contribution in [0.2, 0.25) is 5.02 Å². The van der Waals surface area contributed by atoms with Gasteiger partial charge in [0.25, 0.3) is 0 Å². The van der Waals surface area contributed by atoms with E-state index in [9.17, 15) is 4.79 Å². The Morgan fingerprint density at radius 1 is 1.00 bits per heavy atom. The number of carboxylic acid groups (broad SMARTS) is 1. The van der Waals surface area contributed by atoms with Gasteiger partial charge in [0.15, 0.2) is 0 Å². The van der Waals surface area contributed by atoms with Gasteiger partial charge >= 0.3 is 5.97 Å². The fraction of sp³-hybridized carbons (Fsp3) is 0.375. The van der Waals surface area contributed by atoms with E-state index in [1.54, 1.807) is 0 Å². The molecule has 0 atom stereocenters. The quantitative estimate of drug-likeness (QED) is 0.550. The van der Waals surface area contributed by atoms with Gasteiger partial charge in [0.2, 0.25) is 0 Å². The van der Waals surface area contributed by atoms with E-state index in [0.717, 1.165) is 57.1 Å². The molecule has 0 spiro atoms. The zero-order valence-electron chi connectivity index (χ0n) is 17.0. The normalized spacial score (nSPS) is 18.2. The molecule has 0 aliphatic carbocycles. The fourth-order valence-corrected chi connectivity index (χ4v) is 5.40. The van der Waals surface area contributed by atoms with E-state index in [1.807, 2.05) is 17.8 Å². The van der Waals surface area contributed by atoms with Gasteiger partial charge in [0.05, 0.1) is 0 Å². The lowest BCUT2D eigenvalue weighted by atomic mass is 9.96. The molecule has 158 valence electrons. The maximum atomic E-state index is 10.7. The number of benzene rings is 2. The second-order valence-corrected chi connectivity index (χ2v) is 9.35. The predicted octanol–water partition coefficient (Wildman–Crippen LogP) is 5.11. The predicted molar refractivity (Wildman–Crippen MR) is 123 cm³/mol. The van der Waals surface area contributed by atoms with Crippen molar-refractivity contribution >= 4 is 34.9 Å². The molecule has 1 N–H and O–H groups in total. The van der Waals surface area contributed by atoms with E-state index in [1.165, 1.54) is 26.5 Å². The van der Waals surface area contributed by atoms with Crippen molar-refractivity contribution in [3.63, 3.8) is 0 Å². The summed E-state index contributed by atoms with van der Waals surface area (Å²) < 4.78 is 0. The highest BCUT2D eigenvalue weighted by Gasteiger charge is 2.21. The van der Waals surface area contributed by atoms with Gasteiger partial charge in [-0.15, -0.1) is 0 Å². The van der Waals surface area contributed by atoms with Crippen molar-refractivity contribution in [2.24, 2.45) is 0 Å². The molecule has 2 aromatic carbocycles. The molecule has 0 unspecified atom stereocenters. The monoisotopic (exact) mass is 442 g/mol. The van der Waals surface area contributed by atoms with E-state index in [4.69, 9.17) is 16.7 Å². The van der Waals surface area contributed by atoms with Gasteiger partial charge in [-0.3, -0.25) is 4.79 Å². The van der Waals surface area contributed by atoms with E-state index in [0.29, 0.717) is 0 Å². The fourth-order valence-electron chi connectivity index (χ4n) is 4.15. The number of fused-ring (bicyclic) bond motifs is 2. The van der Waals surface area contributed by atoms with Crippen LogP contribution >= 0.6 is 23.4 Å². The first-order valence-corrected chi connectivity index (χ1v) is 11.7. The third-order valence-corrected chi connectivity index (χ3v) is 7.14. The molecule has 0 aromatic heterocycles. The van der Waals surface area contributed by atoms with Gasteiger partial charge in [-0.1, -0.05) is 47.6 Å². The third kappa shape index (κ3) is 5.27. The van der Waals surface area contributed by atoms with E-state index in [2.05, 4.69) is 52.3 Å². The summed E-state index contributed by atoms with van der Waals surface area (Å²) in [7, 11) is 0. The molecule has 0 bridgehead atoms. The summed E-state index contributed by atoms with van der Waals surface area (Å²) in [6, 6.07) is 14.8. The minimum atomic E-state index is -0.702. The van der Waals surface area contributed by atoms with E-state index >= 15 is 0 Å². The number of carbonyl (C=O) groups is 1. The minimum absolute atomic E-state index is 0.263. The molecule has 4 rings (SSSR count). The number of hydrogen-bond acceptors (Lipinski definition) is 4. The van der Waals surface area contributed by atoms with Gasteiger partial charge < -0.3 is 14.9 Å². The second kappa shape index (κ2) is 10.0. The largest absolute Gasteiger partial charge is 0.481 e. The molecular weight excluding hydrogens is 416 g/mol. The highest BCUT2D eigenvalue weighted by molar-refractivity contribution is 7.99. The van der Waals surface area contributed by atoms with Gasteiger partial charge in [-0.2, -0.15) is 0 Å². The Balaban J connectivity index is 1.37. The number of nitrogens with zero attached hydrogens (tertiary/aromatic N) is 2. The van der Waals surface area contributed by atoms with Crippen molar-refractivity contribution in [3.05, 3.63) is 64.7 Å². The molecule has 0 saturated carbocycles. The maximum Gasteiger partial charge on any atom is 0.303 e. The Morgan fingerprint density at radius 2 is 1.70 bits per heavy atom. The molecule has 0 amide bonds. The van der Waals surface area contributed by atoms with Crippen LogP contribution in [0.15, 0.2) is 58.3 Å². The van der Waals surface area contributed by atoms with Crippen molar-refractivity contribution in [2.45, 2.75) is 29.1 Å². The number of piperazine rings is 1. The van der Waals surface area contributed by atoms with Gasteiger partial charge in [0.1, 0.15) is 0 Å². The SMILES string of the molecule is O=C(O)CCCN1CCN(CC/C=C2/c3ccccc3Sc3ccc(Cl)cc32)CC1. The van der Waals surface area contributed by atoms with Crippen LogP contribution in [0, 0.1) is 0 Å². The minimum Gasteiger partial charge on any atom is -0.481 e. The topological polar surface area (TPSA) is 43.8 Å². The molecule has 2 aromatic rings. The van der Waals surface area contributed by atoms with Crippen LogP contribution in [-0.4, -0.2) is 60.1 Å². The molecule has 2 aliphatic heterocycles. The van der Waals surface area contributed by atoms with Crippen molar-refractivity contribution in [3.8, 4) is 0 Å². The number of hydrogen-bond donors (Lipinski definition) is 1. The van der Waals surface area contributed by atoms with Crippen molar-refractivity contribution in [1.82, 2.24) is 9.80 Å². The van der Waals surface area contributed by atoms with Gasteiger partial charge in [-0.25, -0.2) is 0 Å². The molecule has 2 heterocycles. The van der Waals surface area contributed by atoms with Crippen LogP contribution < -0.4 is 0 Å². The van der Waals surface area contributed by atoms with Gasteiger partial charge in [0, 0.05) is 54.0 Å². The average Bonchev–Trinajstić information content (AvgIpc) is 2.74. The zero-order chi connectivity index (χ0) is 20.9. The van der Waals surface area contributed by atoms with Crippen molar-refractivity contribution < 1.29 is 9.90 Å². The smallest absolute Gasteiger partial charge is 0.303 e. The molecular formula is C24H27ClN2O2S. The highest BCUT2D eigenvalue weighted by atomic mass is 35.5. The average molecular weight is 443 g/mol. The Labute approximate surface area is 187 Å². The molecule has 30 heavy (non-hydrogen) atoms. The number of rotatable bonds is 7. The summed E-state index contributed by atoms with van der Waals surface area (Å²) in [4.78, 5) is 18.1. The number of aliphatic carboxylic acids is 1. The maximum absolute atomic E-state index is 10.7. The molecule has 1 fully saturated rings. The van der Waals surface area contributed by atoms with Crippen LogP contribution in [0.1, 0.15) is 30.4 Å². The second-order valence-electron chi connectivity index (χ2n) is 7.83. The summed E-state index contributed by atoms with van der Waals surface area (Å²) >= 11 is 8.12. The van der Waals surface area contributed by atoms with Crippen LogP contribution in [0.3, 0.4) is 0 Å². The molecule has 1 saturated heterocycles. The molecule has 0 radical (unpaired) electrons. The lowest BCUT2D eigenvalue weighted by molar-refractivity contribution is -0.137. The van der Waals surface area contributed by atoms with Crippen LogP contribution in [-0.2, 0) is 4.79 Å². The van der Waals surface area contributed by atoms with Crippen molar-refractivity contribution in [1.29, 1.82) is 0 Å². The summed E-state index contributed by atoms with van der Waals surface area (Å²) in [6.45, 7) is 6.06. The lowest BCUT2D eigenvalue weighted by Gasteiger charge is -2.34. The molecule has 2 aliphatic rings. The Morgan fingerprint density at radius 3 is 2.47 bits per heavy atom. The lowest BCUT2D eigenvalue weighted by Crippen LogP contribution is -2.46. The van der Waals surface area contributed by atoms with E-state index in [-0.39, 0.29) is 6.42 Å². The Kier molecular flexibility index (Phi) is 7.16. The first-order valence-electron chi connectivity index (χ1n) is 10.5. The molecule has 6 heteroatoms. The van der Waals surface area contributed by atoms with Crippen molar-refractivity contribution in [2.75, 3.05) is 39.3 Å². The van der Waals surface area contributed by atoms with Gasteiger partial charge in [-0.05, 0) is 60.4 Å². The summed E-state index contributed by atoms with van der Waals surface area (Å²) in [6.07, 6.45) is 4.37. The summed E-state index contributed by atoms with van der Waals surface area (Å²) in [5, 5.41) is 9.56. The van der Waals surface area contributed by atoms with Crippen LogP contribution in [0.4, 0.5) is 0 Å². The van der Waals surface area contributed by atoms with Crippen LogP contribution in [0.25, 0.3) is 5.57 Å². The third-order valence-electron chi connectivity index (χ3n) is 5.75. The Bertz CT molecular complexity index is 939.